The molecule has 0 unspecified atom stereocenters. The minimum atomic E-state index is -2.92. The second-order valence-corrected chi connectivity index (χ2v) is 2.45. The summed E-state index contributed by atoms with van der Waals surface area (Å²) in [7, 11) is 0. The van der Waals surface area contributed by atoms with E-state index in [9.17, 15) is 18.4 Å². The third-order valence-electron chi connectivity index (χ3n) is 1.63. The molecular formula is C7H8F2N2O2. The minimum Gasteiger partial charge on any atom is -0.274 e. The van der Waals surface area contributed by atoms with Gasteiger partial charge in [-0.05, 0) is 6.42 Å². The van der Waals surface area contributed by atoms with Crippen LogP contribution in [-0.2, 0) is 6.42 Å². The van der Waals surface area contributed by atoms with Gasteiger partial charge in [-0.15, -0.1) is 0 Å². The molecule has 1 aromatic heterocycles. The summed E-state index contributed by atoms with van der Waals surface area (Å²) in [5.74, 6) is 0. The van der Waals surface area contributed by atoms with Crippen molar-refractivity contribution in [2.45, 2.75) is 19.9 Å². The molecule has 0 atom stereocenters. The maximum Gasteiger partial charge on any atom is 0.332 e. The van der Waals surface area contributed by atoms with Gasteiger partial charge in [0, 0.05) is 11.8 Å². The fourth-order valence-corrected chi connectivity index (χ4v) is 0.924. The van der Waals surface area contributed by atoms with Gasteiger partial charge in [-0.3, -0.25) is 9.78 Å². The predicted octanol–water partition coefficient (Wildman–Crippen LogP) is 0.494. The van der Waals surface area contributed by atoms with Crippen LogP contribution in [0.25, 0.3) is 0 Å². The van der Waals surface area contributed by atoms with Crippen molar-refractivity contribution in [2.24, 2.45) is 0 Å². The molecule has 1 heterocycles. The molecule has 0 aliphatic rings. The molecule has 0 amide bonds. The Balaban J connectivity index is 3.40. The summed E-state index contributed by atoms with van der Waals surface area (Å²) in [6.07, 6.45) is 1.19. The SMILES string of the molecule is CCc1cn(C(F)F)c(=O)[nH]c1=O. The zero-order valence-corrected chi connectivity index (χ0v) is 6.88. The fourth-order valence-electron chi connectivity index (χ4n) is 0.924. The maximum atomic E-state index is 12.1. The second kappa shape index (κ2) is 3.51. The Hall–Kier alpha value is -1.46. The van der Waals surface area contributed by atoms with E-state index in [0.29, 0.717) is 6.42 Å². The van der Waals surface area contributed by atoms with Gasteiger partial charge in [-0.2, -0.15) is 8.78 Å². The van der Waals surface area contributed by atoms with Crippen LogP contribution in [0.2, 0.25) is 0 Å². The van der Waals surface area contributed by atoms with Crippen molar-refractivity contribution in [1.82, 2.24) is 9.55 Å². The normalized spacial score (nSPS) is 10.8. The number of aromatic nitrogens is 2. The second-order valence-electron chi connectivity index (χ2n) is 2.45. The van der Waals surface area contributed by atoms with Gasteiger partial charge in [0.25, 0.3) is 5.56 Å². The number of hydrogen-bond acceptors (Lipinski definition) is 2. The Morgan fingerprint density at radius 2 is 2.15 bits per heavy atom. The van der Waals surface area contributed by atoms with Crippen molar-refractivity contribution in [3.63, 3.8) is 0 Å². The molecule has 0 aliphatic carbocycles. The lowest BCUT2D eigenvalue weighted by molar-refractivity contribution is 0.0643. The first kappa shape index (κ1) is 9.63. The zero-order chi connectivity index (χ0) is 10.0. The molecule has 0 radical (unpaired) electrons. The van der Waals surface area contributed by atoms with E-state index < -0.39 is 17.8 Å². The highest BCUT2D eigenvalue weighted by atomic mass is 19.3. The quantitative estimate of drug-likeness (QED) is 0.738. The minimum absolute atomic E-state index is 0.167. The third kappa shape index (κ3) is 1.82. The van der Waals surface area contributed by atoms with Gasteiger partial charge in [0.2, 0.25) is 0 Å². The Morgan fingerprint density at radius 1 is 1.54 bits per heavy atom. The number of hydrogen-bond donors (Lipinski definition) is 1. The smallest absolute Gasteiger partial charge is 0.274 e. The van der Waals surface area contributed by atoms with E-state index in [2.05, 4.69) is 0 Å². The summed E-state index contributed by atoms with van der Waals surface area (Å²) in [5, 5.41) is 0. The van der Waals surface area contributed by atoms with Gasteiger partial charge in [-0.25, -0.2) is 9.36 Å². The van der Waals surface area contributed by atoms with E-state index in [1.54, 1.807) is 6.92 Å². The van der Waals surface area contributed by atoms with Crippen LogP contribution in [0.1, 0.15) is 19.0 Å². The Bertz CT molecular complexity index is 408. The highest BCUT2D eigenvalue weighted by Gasteiger charge is 2.10. The summed E-state index contributed by atoms with van der Waals surface area (Å²) in [6.45, 7) is -1.28. The molecule has 0 spiro atoms. The lowest BCUT2D eigenvalue weighted by Crippen LogP contribution is -2.31. The number of aromatic amines is 1. The van der Waals surface area contributed by atoms with E-state index >= 15 is 0 Å². The van der Waals surface area contributed by atoms with E-state index in [1.807, 2.05) is 4.98 Å². The highest BCUT2D eigenvalue weighted by Crippen LogP contribution is 2.04. The largest absolute Gasteiger partial charge is 0.332 e. The van der Waals surface area contributed by atoms with Crippen molar-refractivity contribution in [1.29, 1.82) is 0 Å². The number of alkyl halides is 2. The molecule has 1 rings (SSSR count). The van der Waals surface area contributed by atoms with Gasteiger partial charge in [0.05, 0.1) is 0 Å². The van der Waals surface area contributed by atoms with Crippen molar-refractivity contribution in [3.8, 4) is 0 Å². The number of aryl methyl sites for hydroxylation is 1. The molecule has 6 heteroatoms. The first-order valence-corrected chi connectivity index (χ1v) is 3.68. The number of halogens is 2. The molecule has 0 aliphatic heterocycles. The first-order chi connectivity index (χ1) is 6.06. The summed E-state index contributed by atoms with van der Waals surface area (Å²) in [6, 6.07) is 0. The average Bonchev–Trinajstić information content (AvgIpc) is 2.03. The Labute approximate surface area is 71.8 Å². The number of nitrogens with one attached hydrogen (secondary N) is 1. The van der Waals surface area contributed by atoms with Crippen LogP contribution in [0.3, 0.4) is 0 Å². The van der Waals surface area contributed by atoms with Crippen molar-refractivity contribution in [2.75, 3.05) is 0 Å². The molecule has 1 N–H and O–H groups in total. The van der Waals surface area contributed by atoms with Crippen LogP contribution in [-0.4, -0.2) is 9.55 Å². The van der Waals surface area contributed by atoms with E-state index in [4.69, 9.17) is 0 Å². The molecule has 0 aromatic carbocycles. The molecule has 0 fully saturated rings. The highest BCUT2D eigenvalue weighted by molar-refractivity contribution is 5.03. The average molecular weight is 190 g/mol. The van der Waals surface area contributed by atoms with E-state index in [0.717, 1.165) is 6.20 Å². The molecule has 13 heavy (non-hydrogen) atoms. The van der Waals surface area contributed by atoms with Crippen LogP contribution < -0.4 is 11.2 Å². The zero-order valence-electron chi connectivity index (χ0n) is 6.88. The lowest BCUT2D eigenvalue weighted by Gasteiger charge is -2.03. The van der Waals surface area contributed by atoms with Gasteiger partial charge in [0.1, 0.15) is 0 Å². The predicted molar refractivity (Wildman–Crippen MR) is 42.0 cm³/mol. The molecule has 0 saturated carbocycles. The Kier molecular flexibility index (Phi) is 2.60. The molecule has 0 saturated heterocycles. The molecule has 4 nitrogen and oxygen atoms in total. The number of nitrogens with zero attached hydrogens (tertiary/aromatic N) is 1. The van der Waals surface area contributed by atoms with Crippen molar-refractivity contribution in [3.05, 3.63) is 32.6 Å². The van der Waals surface area contributed by atoms with E-state index in [-0.39, 0.29) is 10.1 Å². The van der Waals surface area contributed by atoms with Crippen molar-refractivity contribution >= 4 is 0 Å². The van der Waals surface area contributed by atoms with Gasteiger partial charge in [-0.1, -0.05) is 6.92 Å². The summed E-state index contributed by atoms with van der Waals surface area (Å²) in [5.41, 5.74) is -1.53. The fraction of sp³-hybridized carbons (Fsp3) is 0.429. The number of rotatable bonds is 2. The van der Waals surface area contributed by atoms with Gasteiger partial charge >= 0.3 is 12.2 Å². The topological polar surface area (TPSA) is 54.9 Å². The van der Waals surface area contributed by atoms with Crippen molar-refractivity contribution < 1.29 is 8.78 Å². The first-order valence-electron chi connectivity index (χ1n) is 3.68. The third-order valence-corrected chi connectivity index (χ3v) is 1.63. The van der Waals surface area contributed by atoms with E-state index in [1.165, 1.54) is 0 Å². The van der Waals surface area contributed by atoms with Crippen LogP contribution >= 0.6 is 0 Å². The summed E-state index contributed by atoms with van der Waals surface area (Å²) in [4.78, 5) is 23.5. The van der Waals surface area contributed by atoms with Crippen LogP contribution in [0, 0.1) is 0 Å². The maximum absolute atomic E-state index is 12.1. The summed E-state index contributed by atoms with van der Waals surface area (Å²) >= 11 is 0. The Morgan fingerprint density at radius 3 is 2.62 bits per heavy atom. The lowest BCUT2D eigenvalue weighted by atomic mass is 10.3. The molecule has 1 aromatic rings. The van der Waals surface area contributed by atoms with Gasteiger partial charge in [0.15, 0.2) is 0 Å². The molecule has 0 bridgehead atoms. The monoisotopic (exact) mass is 190 g/mol. The summed E-state index contributed by atoms with van der Waals surface area (Å²) < 4.78 is 24.4. The van der Waals surface area contributed by atoms with Crippen LogP contribution in [0.5, 0.6) is 0 Å². The number of H-pyrrole nitrogens is 1. The van der Waals surface area contributed by atoms with Gasteiger partial charge < -0.3 is 0 Å². The molecule has 72 valence electrons. The standard InChI is InChI=1S/C7H8F2N2O2/c1-2-4-3-11(6(8)9)7(13)10-5(4)12/h3,6H,2H2,1H3,(H,10,12,13). The molecular weight excluding hydrogens is 182 g/mol. The van der Waals surface area contributed by atoms with Crippen LogP contribution in [0.4, 0.5) is 8.78 Å². The van der Waals surface area contributed by atoms with Crippen LogP contribution in [0.15, 0.2) is 15.8 Å².